The molecule has 4 aliphatic rings. The summed E-state index contributed by atoms with van der Waals surface area (Å²) < 4.78 is 49.5. The Morgan fingerprint density at radius 2 is 1.21 bits per heavy atom. The molecule has 6 heterocycles. The number of methoxy groups -OCH3 is 3. The fraction of sp³-hybridized carbons (Fsp3) is 0.474. The Bertz CT molecular complexity index is 3110. The number of piperidine rings is 1. The molecular weight excluding hydrogens is 991 g/mol. The van der Waals surface area contributed by atoms with Crippen molar-refractivity contribution in [3.8, 4) is 0 Å². The van der Waals surface area contributed by atoms with E-state index in [1.165, 1.54) is 46.1 Å². The smallest absolute Gasteiger partial charge is 0.407 e. The molecule has 4 saturated heterocycles. The van der Waals surface area contributed by atoms with Crippen LogP contribution in [0.25, 0.3) is 22.1 Å². The normalized spacial score (nSPS) is 21.7. The largest absolute Gasteiger partial charge is 0.465 e. The van der Waals surface area contributed by atoms with Gasteiger partial charge >= 0.3 is 12.2 Å². The van der Waals surface area contributed by atoms with Crippen molar-refractivity contribution in [1.29, 1.82) is 0 Å². The fourth-order valence-corrected chi connectivity index (χ4v) is 12.4. The SMILES string of the molecule is COC(=O)N[C@H](C(=O)N1CCC[C@H]1c1nc2ccc([C@H]3CC[C@H](c4ccc5nc([C@@H]6CCCN6C(=O)[C@H]([C@@H](C)OC)N(C)C(=O)O)[nH]c5c4)N3c3cc(F)c(N4CCC(c5ccccc5)CC4)c(F)c3)cc2[nH]1)[C@@H](C)OC. The average Bonchev–Trinajstić information content (AvgIpc) is 4.33. The molecule has 0 unspecified atom stereocenters. The zero-order valence-electron chi connectivity index (χ0n) is 44.4. The molecule has 4 N–H and O–H groups in total. The van der Waals surface area contributed by atoms with Crippen LogP contribution in [0.2, 0.25) is 0 Å². The fourth-order valence-electron chi connectivity index (χ4n) is 12.4. The maximum atomic E-state index is 16.9. The summed E-state index contributed by atoms with van der Waals surface area (Å²) in [7, 11) is 5.54. The number of imidazole rings is 2. The summed E-state index contributed by atoms with van der Waals surface area (Å²) >= 11 is 0. The highest BCUT2D eigenvalue weighted by molar-refractivity contribution is 5.88. The van der Waals surface area contributed by atoms with Crippen LogP contribution >= 0.6 is 0 Å². The van der Waals surface area contributed by atoms with Crippen molar-refractivity contribution in [3.63, 3.8) is 0 Å². The van der Waals surface area contributed by atoms with E-state index in [-0.39, 0.29) is 29.6 Å². The minimum atomic E-state index is -1.24. The maximum Gasteiger partial charge on any atom is 0.407 e. The molecule has 4 fully saturated rings. The van der Waals surface area contributed by atoms with Gasteiger partial charge in [0.15, 0.2) is 11.6 Å². The number of carbonyl (C=O) groups excluding carboxylic acids is 3. The van der Waals surface area contributed by atoms with Crippen LogP contribution in [0.15, 0.2) is 78.9 Å². The van der Waals surface area contributed by atoms with Gasteiger partial charge < -0.3 is 54.2 Å². The molecule has 4 amide bonds. The van der Waals surface area contributed by atoms with Crippen LogP contribution in [0.5, 0.6) is 0 Å². The number of anilines is 2. The Kier molecular flexibility index (Phi) is 15.4. The standard InChI is InChI=1S/C57H68F2N10O8/c1-32(75-4)49(64-56(72)77-6)54(70)67-24-10-14-47(67)52-60-41-18-16-36(28-43(41)62-52)45-20-21-46(69(45)38-30-39(58)51(40(59)31-38)66-26-22-35(23-27-66)34-12-8-7-9-13-34)37-17-19-42-44(29-37)63-53(61-42)48-15-11-25-68(48)55(71)50(33(2)76-5)65(3)57(73)74/h7-9,12-13,16-19,28-33,35,45-50H,10-11,14-15,20-27H2,1-6H3,(H,60,62)(H,61,63)(H,64,72)(H,73,74)/t32-,33-,45-,46-,47+,48+,49+,50+/m1/s1. The second-order valence-corrected chi connectivity index (χ2v) is 21.0. The first-order valence-corrected chi connectivity index (χ1v) is 26.7. The van der Waals surface area contributed by atoms with E-state index in [0.29, 0.717) is 92.6 Å². The molecule has 4 aliphatic heterocycles. The first-order chi connectivity index (χ1) is 37.2. The molecule has 8 atom stereocenters. The van der Waals surface area contributed by atoms with E-state index < -0.39 is 60.2 Å². The van der Waals surface area contributed by atoms with Crippen LogP contribution in [-0.4, -0.2) is 143 Å². The number of hydrogen-bond donors (Lipinski definition) is 4. The Balaban J connectivity index is 0.969. The molecule has 0 aliphatic carbocycles. The third-order valence-corrected chi connectivity index (χ3v) is 16.6. The number of hydrogen-bond acceptors (Lipinski definition) is 11. The number of rotatable bonds is 15. The van der Waals surface area contributed by atoms with Gasteiger partial charge in [0.1, 0.15) is 29.4 Å². The predicted molar refractivity (Wildman–Crippen MR) is 286 cm³/mol. The summed E-state index contributed by atoms with van der Waals surface area (Å²) in [6.07, 6.45) is 2.24. The molecule has 0 bridgehead atoms. The number of H-pyrrole nitrogens is 2. The minimum absolute atomic E-state index is 0.0223. The topological polar surface area (TPSA) is 202 Å². The van der Waals surface area contributed by atoms with E-state index in [2.05, 4.69) is 32.3 Å². The summed E-state index contributed by atoms with van der Waals surface area (Å²) in [5.74, 6) is -0.432. The van der Waals surface area contributed by atoms with Gasteiger partial charge in [-0.15, -0.1) is 0 Å². The van der Waals surface area contributed by atoms with Crippen LogP contribution in [0.4, 0.5) is 29.7 Å². The molecular formula is C57H68F2N10O8. The number of amides is 4. The molecule has 10 rings (SSSR count). The number of aromatic nitrogens is 4. The Hall–Kier alpha value is -7.32. The number of carboxylic acid groups (broad SMARTS) is 1. The zero-order chi connectivity index (χ0) is 54.2. The summed E-state index contributed by atoms with van der Waals surface area (Å²) in [5.41, 5.74) is 6.26. The number of likely N-dealkylation sites (tertiary alicyclic amines) is 2. The summed E-state index contributed by atoms with van der Waals surface area (Å²) in [6, 6.07) is 21.6. The lowest BCUT2D eigenvalue weighted by Gasteiger charge is -2.36. The van der Waals surface area contributed by atoms with Crippen molar-refractivity contribution in [2.45, 2.75) is 120 Å². The highest BCUT2D eigenvalue weighted by atomic mass is 19.1. The number of alkyl carbamates (subject to hydrolysis) is 1. The van der Waals surface area contributed by atoms with Gasteiger partial charge in [0, 0.05) is 53.1 Å². The molecule has 18 nitrogen and oxygen atoms in total. The number of fused-ring (bicyclic) bond motifs is 2. The van der Waals surface area contributed by atoms with Crippen molar-refractivity contribution in [3.05, 3.63) is 119 Å². The van der Waals surface area contributed by atoms with Crippen LogP contribution in [0, 0.1) is 11.6 Å². The van der Waals surface area contributed by atoms with Crippen LogP contribution in [-0.2, 0) is 23.8 Å². The second-order valence-electron chi connectivity index (χ2n) is 21.0. The van der Waals surface area contributed by atoms with Crippen LogP contribution in [0.1, 0.15) is 124 Å². The summed E-state index contributed by atoms with van der Waals surface area (Å²) in [6.45, 7) is 5.31. The third-order valence-electron chi connectivity index (χ3n) is 16.6. The van der Waals surface area contributed by atoms with Crippen LogP contribution < -0.4 is 15.1 Å². The molecule has 0 spiro atoms. The Morgan fingerprint density at radius 3 is 1.71 bits per heavy atom. The number of nitrogens with one attached hydrogen (secondary N) is 3. The molecule has 6 aromatic rings. The van der Waals surface area contributed by atoms with E-state index in [0.717, 1.165) is 46.3 Å². The summed E-state index contributed by atoms with van der Waals surface area (Å²) in [4.78, 5) is 77.8. The van der Waals surface area contributed by atoms with Crippen molar-refractivity contribution < 1.29 is 47.3 Å². The molecule has 20 heteroatoms. The van der Waals surface area contributed by atoms with Gasteiger partial charge in [-0.1, -0.05) is 42.5 Å². The quantitative estimate of drug-likeness (QED) is 0.0761. The lowest BCUT2D eigenvalue weighted by atomic mass is 9.89. The first kappa shape index (κ1) is 53.1. The Morgan fingerprint density at radius 1 is 0.675 bits per heavy atom. The van der Waals surface area contributed by atoms with Gasteiger partial charge in [-0.05, 0) is 124 Å². The monoisotopic (exact) mass is 1060 g/mol. The van der Waals surface area contributed by atoms with E-state index in [4.69, 9.17) is 24.2 Å². The molecule has 2 aromatic heterocycles. The number of carbonyl (C=O) groups is 4. The van der Waals surface area contributed by atoms with Crippen LogP contribution in [0.3, 0.4) is 0 Å². The van der Waals surface area contributed by atoms with Crippen molar-refractivity contribution >= 4 is 57.4 Å². The second kappa shape index (κ2) is 22.3. The minimum Gasteiger partial charge on any atom is -0.465 e. The highest BCUT2D eigenvalue weighted by Crippen LogP contribution is 2.49. The first-order valence-electron chi connectivity index (χ1n) is 26.7. The van der Waals surface area contributed by atoms with Gasteiger partial charge in [0.25, 0.3) is 0 Å². The van der Waals surface area contributed by atoms with E-state index in [1.54, 1.807) is 23.6 Å². The van der Waals surface area contributed by atoms with E-state index in [9.17, 15) is 24.3 Å². The van der Waals surface area contributed by atoms with Gasteiger partial charge in [0.2, 0.25) is 11.8 Å². The lowest BCUT2D eigenvalue weighted by molar-refractivity contribution is -0.141. The zero-order valence-corrected chi connectivity index (χ0v) is 44.4. The number of aromatic amines is 2. The van der Waals surface area contributed by atoms with E-state index in [1.807, 2.05) is 59.5 Å². The van der Waals surface area contributed by atoms with Gasteiger partial charge in [0.05, 0.1) is 65.6 Å². The third kappa shape index (κ3) is 10.4. The van der Waals surface area contributed by atoms with E-state index >= 15 is 8.78 Å². The maximum absolute atomic E-state index is 16.9. The highest BCUT2D eigenvalue weighted by Gasteiger charge is 2.43. The van der Waals surface area contributed by atoms with Gasteiger partial charge in [-0.3, -0.25) is 14.5 Å². The number of benzene rings is 4. The van der Waals surface area contributed by atoms with Crippen molar-refractivity contribution in [1.82, 2.24) is 40.0 Å². The lowest BCUT2D eigenvalue weighted by Crippen LogP contribution is -2.54. The molecule has 0 saturated carbocycles. The molecule has 408 valence electrons. The number of halogens is 2. The Labute approximate surface area is 446 Å². The van der Waals surface area contributed by atoms with Gasteiger partial charge in [-0.2, -0.15) is 0 Å². The average molecular weight is 1060 g/mol. The molecule has 77 heavy (non-hydrogen) atoms. The molecule has 0 radical (unpaired) electrons. The predicted octanol–water partition coefficient (Wildman–Crippen LogP) is 9.28. The van der Waals surface area contributed by atoms with Gasteiger partial charge in [-0.25, -0.2) is 28.3 Å². The van der Waals surface area contributed by atoms with Crippen molar-refractivity contribution in [2.75, 3.05) is 64.4 Å². The number of nitrogens with zero attached hydrogens (tertiary/aromatic N) is 7. The number of ether oxygens (including phenoxy) is 3. The number of likely N-dealkylation sites (N-methyl/N-ethyl adjacent to an activating group) is 1. The summed E-state index contributed by atoms with van der Waals surface area (Å²) in [5, 5.41) is 12.5. The van der Waals surface area contributed by atoms with Crippen molar-refractivity contribution in [2.24, 2.45) is 0 Å². The molecule has 4 aromatic carbocycles.